The predicted octanol–water partition coefficient (Wildman–Crippen LogP) is 0.845. The van der Waals surface area contributed by atoms with Crippen molar-refractivity contribution in [1.82, 2.24) is 0 Å². The molecule has 0 bridgehead atoms. The molecule has 1 saturated heterocycles. The molecule has 0 saturated carbocycles. The third kappa shape index (κ3) is 5.57. The second-order valence-corrected chi connectivity index (χ2v) is 5.86. The monoisotopic (exact) mass is 343 g/mol. The Morgan fingerprint density at radius 2 is 2.30 bits per heavy atom. The summed E-state index contributed by atoms with van der Waals surface area (Å²) in [6.07, 6.45) is 2.61. The van der Waals surface area contributed by atoms with Gasteiger partial charge in [-0.1, -0.05) is 11.6 Å². The second kappa shape index (κ2) is 8.96. The van der Waals surface area contributed by atoms with Gasteiger partial charge in [-0.25, -0.2) is 0 Å². The van der Waals surface area contributed by atoms with Crippen molar-refractivity contribution in [2.24, 2.45) is 5.73 Å². The largest absolute Gasteiger partial charge is 0.490 e. The van der Waals surface area contributed by atoms with E-state index in [1.165, 1.54) is 0 Å². The van der Waals surface area contributed by atoms with E-state index in [-0.39, 0.29) is 6.61 Å². The fourth-order valence-electron chi connectivity index (χ4n) is 2.55. The molecule has 1 heterocycles. The zero-order chi connectivity index (χ0) is 16.7. The van der Waals surface area contributed by atoms with Crippen molar-refractivity contribution in [1.29, 1.82) is 0 Å². The summed E-state index contributed by atoms with van der Waals surface area (Å²) in [6, 6.07) is 3.71. The number of halogens is 1. The van der Waals surface area contributed by atoms with E-state index in [0.717, 1.165) is 38.1 Å². The smallest absolute Gasteiger partial charge is 0.255 e. The van der Waals surface area contributed by atoms with Crippen LogP contribution in [-0.4, -0.2) is 38.4 Å². The van der Waals surface area contributed by atoms with Gasteiger partial charge in [0.25, 0.3) is 5.91 Å². The van der Waals surface area contributed by atoms with Crippen molar-refractivity contribution in [2.75, 3.05) is 26.4 Å². The van der Waals surface area contributed by atoms with Gasteiger partial charge in [0.2, 0.25) is 0 Å². The number of amides is 1. The first-order valence-electron chi connectivity index (χ1n) is 7.89. The van der Waals surface area contributed by atoms with E-state index in [0.29, 0.717) is 29.2 Å². The van der Waals surface area contributed by atoms with Crippen LogP contribution >= 0.6 is 11.6 Å². The number of hydrogen-bond donors (Lipinski definition) is 2. The normalized spacial score (nSPS) is 17.2. The third-order valence-corrected chi connectivity index (χ3v) is 3.84. The summed E-state index contributed by atoms with van der Waals surface area (Å²) in [7, 11) is 0. The molecule has 0 radical (unpaired) electrons. The van der Waals surface area contributed by atoms with Crippen LogP contribution in [0.2, 0.25) is 5.02 Å². The first-order valence-corrected chi connectivity index (χ1v) is 8.27. The molecule has 1 aliphatic rings. The average molecular weight is 344 g/mol. The van der Waals surface area contributed by atoms with Crippen molar-refractivity contribution in [3.05, 3.63) is 22.7 Å². The summed E-state index contributed by atoms with van der Waals surface area (Å²) < 4.78 is 16.5. The highest BCUT2D eigenvalue weighted by atomic mass is 35.5. The number of carbonyl (C=O) groups is 1. The Kier molecular flexibility index (Phi) is 6.95. The van der Waals surface area contributed by atoms with Crippen LogP contribution in [0.15, 0.2) is 12.1 Å². The van der Waals surface area contributed by atoms with Crippen molar-refractivity contribution >= 4 is 17.5 Å². The highest BCUT2D eigenvalue weighted by molar-refractivity contribution is 6.32. The lowest BCUT2D eigenvalue weighted by Crippen LogP contribution is -2.84. The Hall–Kier alpha value is -1.50. The summed E-state index contributed by atoms with van der Waals surface area (Å²) in [6.45, 7) is 4.70. The van der Waals surface area contributed by atoms with Gasteiger partial charge in [0.15, 0.2) is 18.1 Å². The Morgan fingerprint density at radius 1 is 1.48 bits per heavy atom. The van der Waals surface area contributed by atoms with Gasteiger partial charge in [-0.3, -0.25) is 4.79 Å². The Bertz CT molecular complexity index is 533. The summed E-state index contributed by atoms with van der Waals surface area (Å²) >= 11 is 6.26. The van der Waals surface area contributed by atoms with Crippen LogP contribution in [0.4, 0.5) is 0 Å². The van der Waals surface area contributed by atoms with Gasteiger partial charge in [-0.15, -0.1) is 0 Å². The molecule has 6 nitrogen and oxygen atoms in total. The molecule has 1 aromatic rings. The SMILES string of the molecule is CCOc1cc(C[NH2+]C[C@@H]2CCCO2)cc(Cl)c1OCC(N)=O. The topological polar surface area (TPSA) is 87.4 Å². The molecule has 1 amide bonds. The summed E-state index contributed by atoms with van der Waals surface area (Å²) in [5.74, 6) is 0.328. The molecule has 2 rings (SSSR count). The summed E-state index contributed by atoms with van der Waals surface area (Å²) in [5.41, 5.74) is 6.14. The van der Waals surface area contributed by atoms with E-state index in [1.807, 2.05) is 19.1 Å². The van der Waals surface area contributed by atoms with Gasteiger partial charge in [0, 0.05) is 12.2 Å². The lowest BCUT2D eigenvalue weighted by atomic mass is 10.2. The average Bonchev–Trinajstić information content (AvgIpc) is 3.00. The molecule has 23 heavy (non-hydrogen) atoms. The van der Waals surface area contributed by atoms with Crippen molar-refractivity contribution < 1.29 is 24.3 Å². The summed E-state index contributed by atoms with van der Waals surface area (Å²) in [5, 5.41) is 2.61. The molecule has 0 aromatic heterocycles. The minimum absolute atomic E-state index is 0.232. The van der Waals surface area contributed by atoms with Crippen LogP contribution in [0.1, 0.15) is 25.3 Å². The van der Waals surface area contributed by atoms with E-state index in [1.54, 1.807) is 0 Å². The van der Waals surface area contributed by atoms with E-state index in [4.69, 9.17) is 31.5 Å². The van der Waals surface area contributed by atoms with E-state index < -0.39 is 5.91 Å². The molecule has 0 unspecified atom stereocenters. The number of nitrogens with two attached hydrogens (primary N) is 2. The molecule has 4 N–H and O–H groups in total. The number of benzene rings is 1. The number of ether oxygens (including phenoxy) is 3. The van der Waals surface area contributed by atoms with Gasteiger partial charge in [-0.05, 0) is 31.9 Å². The quantitative estimate of drug-likeness (QED) is 0.695. The second-order valence-electron chi connectivity index (χ2n) is 5.46. The van der Waals surface area contributed by atoms with Crippen LogP contribution < -0.4 is 20.5 Å². The number of rotatable bonds is 9. The maximum absolute atomic E-state index is 10.9. The maximum atomic E-state index is 10.9. The van der Waals surface area contributed by atoms with E-state index >= 15 is 0 Å². The summed E-state index contributed by atoms with van der Waals surface area (Å²) in [4.78, 5) is 10.9. The molecule has 0 aliphatic carbocycles. The van der Waals surface area contributed by atoms with Gasteiger partial charge < -0.3 is 25.3 Å². The number of hydrogen-bond acceptors (Lipinski definition) is 4. The standard InChI is InChI=1S/C16H23ClN2O4/c1-2-21-14-7-11(8-19-9-12-4-3-5-22-12)6-13(17)16(14)23-10-15(18)20/h6-7,12,19H,2-5,8-10H2,1H3,(H2,18,20)/p+1/t12-/m0/s1. The van der Waals surface area contributed by atoms with E-state index in [9.17, 15) is 4.79 Å². The maximum Gasteiger partial charge on any atom is 0.255 e. The van der Waals surface area contributed by atoms with Crippen LogP contribution in [0, 0.1) is 0 Å². The number of primary amides is 1. The van der Waals surface area contributed by atoms with Crippen LogP contribution in [0.5, 0.6) is 11.5 Å². The fraction of sp³-hybridized carbons (Fsp3) is 0.562. The third-order valence-electron chi connectivity index (χ3n) is 3.56. The highest BCUT2D eigenvalue weighted by Gasteiger charge is 2.18. The van der Waals surface area contributed by atoms with Crippen molar-refractivity contribution in [3.63, 3.8) is 0 Å². The zero-order valence-electron chi connectivity index (χ0n) is 13.3. The van der Waals surface area contributed by atoms with Crippen molar-refractivity contribution in [2.45, 2.75) is 32.4 Å². The Morgan fingerprint density at radius 3 is 2.96 bits per heavy atom. The minimum Gasteiger partial charge on any atom is -0.490 e. The minimum atomic E-state index is -0.558. The van der Waals surface area contributed by atoms with Crippen molar-refractivity contribution in [3.8, 4) is 11.5 Å². The number of quaternary nitrogens is 1. The van der Waals surface area contributed by atoms with Gasteiger partial charge >= 0.3 is 0 Å². The molecule has 1 aliphatic heterocycles. The molecular weight excluding hydrogens is 320 g/mol. The predicted molar refractivity (Wildman–Crippen MR) is 86.8 cm³/mol. The van der Waals surface area contributed by atoms with Gasteiger partial charge in [0.05, 0.1) is 11.6 Å². The Balaban J connectivity index is 2.00. The molecule has 0 spiro atoms. The lowest BCUT2D eigenvalue weighted by molar-refractivity contribution is -0.676. The van der Waals surface area contributed by atoms with Gasteiger partial charge in [0.1, 0.15) is 19.2 Å². The first kappa shape index (κ1) is 17.8. The molecule has 128 valence electrons. The fourth-order valence-corrected chi connectivity index (χ4v) is 2.84. The molecule has 1 aromatic carbocycles. The van der Waals surface area contributed by atoms with Crippen LogP contribution in [0.3, 0.4) is 0 Å². The molecule has 7 heteroatoms. The Labute approximate surface area is 141 Å². The van der Waals surface area contributed by atoms with Crippen LogP contribution in [0.25, 0.3) is 0 Å². The first-order chi connectivity index (χ1) is 11.1. The van der Waals surface area contributed by atoms with Gasteiger partial charge in [-0.2, -0.15) is 0 Å². The lowest BCUT2D eigenvalue weighted by Gasteiger charge is -2.14. The van der Waals surface area contributed by atoms with E-state index in [2.05, 4.69) is 5.32 Å². The number of carbonyl (C=O) groups excluding carboxylic acids is 1. The van der Waals surface area contributed by atoms with Crippen LogP contribution in [-0.2, 0) is 16.1 Å². The molecule has 1 fully saturated rings. The zero-order valence-corrected chi connectivity index (χ0v) is 14.1. The highest BCUT2D eigenvalue weighted by Crippen LogP contribution is 2.36. The molecular formula is C16H24ClN2O4+. The molecule has 1 atom stereocenters.